The van der Waals surface area contributed by atoms with Gasteiger partial charge in [-0.25, -0.2) is 0 Å². The van der Waals surface area contributed by atoms with Crippen molar-refractivity contribution in [3.05, 3.63) is 70.2 Å². The van der Waals surface area contributed by atoms with E-state index in [9.17, 15) is 4.79 Å². The van der Waals surface area contributed by atoms with Crippen LogP contribution in [0, 0.1) is 0 Å². The van der Waals surface area contributed by atoms with Crippen molar-refractivity contribution in [2.45, 2.75) is 20.0 Å². The zero-order valence-electron chi connectivity index (χ0n) is 14.1. The summed E-state index contributed by atoms with van der Waals surface area (Å²) in [5, 5.41) is 12.2. The first-order valence-corrected chi connectivity index (χ1v) is 8.77. The average Bonchev–Trinajstić information content (AvgIpc) is 3.25. The maximum atomic E-state index is 12.0. The highest BCUT2D eigenvalue weighted by Crippen LogP contribution is 2.23. The molecule has 0 aliphatic heterocycles. The molecule has 0 aliphatic rings. The van der Waals surface area contributed by atoms with E-state index < -0.39 is 0 Å². The molecule has 0 bridgehead atoms. The lowest BCUT2D eigenvalue weighted by Gasteiger charge is -2.03. The Balaban J connectivity index is 1.58. The molecule has 134 valence electrons. The van der Waals surface area contributed by atoms with Gasteiger partial charge < -0.3 is 5.32 Å². The maximum Gasteiger partial charge on any atom is 0.248 e. The van der Waals surface area contributed by atoms with Crippen LogP contribution in [0.2, 0.25) is 10.0 Å². The number of hydrogen-bond donors (Lipinski definition) is 1. The SMILES string of the molecule is CCn1cc(/C=C\C(=O)Nc2cnn(Cc3ccc(Cl)c(Cl)c3)c2)cn1. The van der Waals surface area contributed by atoms with E-state index in [0.717, 1.165) is 17.7 Å². The Morgan fingerprint density at radius 2 is 1.96 bits per heavy atom. The third-order valence-electron chi connectivity index (χ3n) is 3.63. The van der Waals surface area contributed by atoms with Crippen LogP contribution in [-0.4, -0.2) is 25.5 Å². The van der Waals surface area contributed by atoms with E-state index in [4.69, 9.17) is 23.2 Å². The molecule has 2 heterocycles. The van der Waals surface area contributed by atoms with Gasteiger partial charge in [0.2, 0.25) is 5.91 Å². The summed E-state index contributed by atoms with van der Waals surface area (Å²) in [7, 11) is 0. The van der Waals surface area contributed by atoms with E-state index in [2.05, 4.69) is 15.5 Å². The predicted molar refractivity (Wildman–Crippen MR) is 103 cm³/mol. The molecule has 2 aromatic heterocycles. The number of benzene rings is 1. The zero-order valence-corrected chi connectivity index (χ0v) is 15.6. The second kappa shape index (κ2) is 8.21. The summed E-state index contributed by atoms with van der Waals surface area (Å²) in [4.78, 5) is 12.0. The number of carbonyl (C=O) groups excluding carboxylic acids is 1. The normalized spacial score (nSPS) is 11.2. The first-order chi connectivity index (χ1) is 12.5. The van der Waals surface area contributed by atoms with E-state index in [1.54, 1.807) is 46.2 Å². The van der Waals surface area contributed by atoms with Gasteiger partial charge in [0.15, 0.2) is 0 Å². The van der Waals surface area contributed by atoms with E-state index in [1.807, 2.05) is 19.2 Å². The molecule has 0 fully saturated rings. The number of anilines is 1. The van der Waals surface area contributed by atoms with Gasteiger partial charge in [0.25, 0.3) is 0 Å². The molecule has 6 nitrogen and oxygen atoms in total. The second-order valence-corrected chi connectivity index (χ2v) is 6.44. The van der Waals surface area contributed by atoms with Gasteiger partial charge in [0.1, 0.15) is 0 Å². The van der Waals surface area contributed by atoms with Gasteiger partial charge in [-0.05, 0) is 30.7 Å². The van der Waals surface area contributed by atoms with Gasteiger partial charge in [0.05, 0.1) is 34.7 Å². The first-order valence-electron chi connectivity index (χ1n) is 8.01. The topological polar surface area (TPSA) is 64.7 Å². The highest BCUT2D eigenvalue weighted by molar-refractivity contribution is 6.42. The number of amides is 1. The molecule has 26 heavy (non-hydrogen) atoms. The van der Waals surface area contributed by atoms with E-state index in [1.165, 1.54) is 6.08 Å². The number of nitrogens with zero attached hydrogens (tertiary/aromatic N) is 4. The van der Waals surface area contributed by atoms with Crippen LogP contribution in [0.3, 0.4) is 0 Å². The fraction of sp³-hybridized carbons (Fsp3) is 0.167. The van der Waals surface area contributed by atoms with Crippen molar-refractivity contribution in [3.63, 3.8) is 0 Å². The number of hydrogen-bond acceptors (Lipinski definition) is 3. The van der Waals surface area contributed by atoms with Crippen molar-refractivity contribution in [1.29, 1.82) is 0 Å². The molecule has 1 aromatic carbocycles. The van der Waals surface area contributed by atoms with Crippen LogP contribution in [0.15, 0.2) is 49.1 Å². The summed E-state index contributed by atoms with van der Waals surface area (Å²) in [6, 6.07) is 5.42. The number of halogens is 2. The smallest absolute Gasteiger partial charge is 0.248 e. The predicted octanol–water partition coefficient (Wildman–Crippen LogP) is 4.11. The van der Waals surface area contributed by atoms with Gasteiger partial charge in [-0.2, -0.15) is 10.2 Å². The number of aromatic nitrogens is 4. The molecule has 0 radical (unpaired) electrons. The third-order valence-corrected chi connectivity index (χ3v) is 4.37. The van der Waals surface area contributed by atoms with Crippen LogP contribution in [0.25, 0.3) is 6.08 Å². The van der Waals surface area contributed by atoms with Crippen LogP contribution >= 0.6 is 23.2 Å². The number of aryl methyl sites for hydroxylation is 1. The van der Waals surface area contributed by atoms with Gasteiger partial charge in [-0.15, -0.1) is 0 Å². The Morgan fingerprint density at radius 1 is 1.15 bits per heavy atom. The van der Waals surface area contributed by atoms with Gasteiger partial charge in [-0.3, -0.25) is 14.2 Å². The molecular weight excluding hydrogens is 373 g/mol. The second-order valence-electron chi connectivity index (χ2n) is 5.63. The molecule has 3 aromatic rings. The Morgan fingerprint density at radius 3 is 2.69 bits per heavy atom. The summed E-state index contributed by atoms with van der Waals surface area (Å²) in [5.74, 6) is -0.233. The van der Waals surface area contributed by atoms with Crippen molar-refractivity contribution in [2.75, 3.05) is 5.32 Å². The van der Waals surface area contributed by atoms with Gasteiger partial charge >= 0.3 is 0 Å². The van der Waals surface area contributed by atoms with E-state index >= 15 is 0 Å². The van der Waals surface area contributed by atoms with Crippen LogP contribution in [0.5, 0.6) is 0 Å². The molecule has 0 aliphatic carbocycles. The Labute approximate surface area is 161 Å². The quantitative estimate of drug-likeness (QED) is 0.645. The van der Waals surface area contributed by atoms with E-state index in [-0.39, 0.29) is 5.91 Å². The van der Waals surface area contributed by atoms with Crippen molar-refractivity contribution >= 4 is 40.9 Å². The minimum Gasteiger partial charge on any atom is -0.320 e. The van der Waals surface area contributed by atoms with Crippen LogP contribution in [0.1, 0.15) is 18.1 Å². The summed E-state index contributed by atoms with van der Waals surface area (Å²) in [6.45, 7) is 3.32. The summed E-state index contributed by atoms with van der Waals surface area (Å²) < 4.78 is 3.51. The maximum absolute atomic E-state index is 12.0. The highest BCUT2D eigenvalue weighted by atomic mass is 35.5. The third kappa shape index (κ3) is 4.74. The summed E-state index contributed by atoms with van der Waals surface area (Å²) >= 11 is 11.9. The molecular formula is C18H17Cl2N5O. The van der Waals surface area contributed by atoms with Gasteiger partial charge in [0, 0.05) is 30.6 Å². The molecule has 0 spiro atoms. The number of carbonyl (C=O) groups is 1. The highest BCUT2D eigenvalue weighted by Gasteiger charge is 2.04. The largest absolute Gasteiger partial charge is 0.320 e. The van der Waals surface area contributed by atoms with Gasteiger partial charge in [-0.1, -0.05) is 29.3 Å². The molecule has 8 heteroatoms. The fourth-order valence-electron chi connectivity index (χ4n) is 2.33. The number of rotatable bonds is 6. The Bertz CT molecular complexity index is 945. The van der Waals surface area contributed by atoms with E-state index in [0.29, 0.717) is 22.3 Å². The lowest BCUT2D eigenvalue weighted by molar-refractivity contribution is -0.111. The molecule has 0 saturated carbocycles. The first kappa shape index (κ1) is 18.2. The average molecular weight is 390 g/mol. The standard InChI is InChI=1S/C18H17Cl2N5O/c1-2-24-11-14(8-21-24)4-6-18(26)23-15-9-22-25(12-15)10-13-3-5-16(19)17(20)7-13/h3-9,11-12H,2,10H2,1H3,(H,23,26)/b6-4-. The lowest BCUT2D eigenvalue weighted by Crippen LogP contribution is -2.07. The van der Waals surface area contributed by atoms with Crippen LogP contribution in [-0.2, 0) is 17.9 Å². The van der Waals surface area contributed by atoms with Crippen molar-refractivity contribution in [2.24, 2.45) is 0 Å². The Hall–Kier alpha value is -2.57. The summed E-state index contributed by atoms with van der Waals surface area (Å²) in [6.07, 6.45) is 10.1. The lowest BCUT2D eigenvalue weighted by atomic mass is 10.2. The van der Waals surface area contributed by atoms with Crippen LogP contribution < -0.4 is 5.32 Å². The summed E-state index contributed by atoms with van der Waals surface area (Å²) in [5.41, 5.74) is 2.45. The minimum atomic E-state index is -0.233. The molecule has 0 atom stereocenters. The van der Waals surface area contributed by atoms with Crippen molar-refractivity contribution < 1.29 is 4.79 Å². The monoisotopic (exact) mass is 389 g/mol. The molecule has 1 N–H and O–H groups in total. The molecule has 1 amide bonds. The van der Waals surface area contributed by atoms with Crippen molar-refractivity contribution in [3.8, 4) is 0 Å². The van der Waals surface area contributed by atoms with Crippen LogP contribution in [0.4, 0.5) is 5.69 Å². The fourth-order valence-corrected chi connectivity index (χ4v) is 2.65. The van der Waals surface area contributed by atoms with Crippen molar-refractivity contribution in [1.82, 2.24) is 19.6 Å². The Kier molecular flexibility index (Phi) is 5.75. The minimum absolute atomic E-state index is 0.233. The molecule has 3 rings (SSSR count). The number of nitrogens with one attached hydrogen (secondary N) is 1. The molecule has 0 unspecified atom stereocenters. The zero-order chi connectivity index (χ0) is 18.5. The molecule has 0 saturated heterocycles.